The summed E-state index contributed by atoms with van der Waals surface area (Å²) in [6.07, 6.45) is -4.13. The molecule has 4 rings (SSSR count). The number of alkyl halides is 3. The summed E-state index contributed by atoms with van der Waals surface area (Å²) in [4.78, 5) is 31.8. The van der Waals surface area contributed by atoms with Gasteiger partial charge in [-0.05, 0) is 36.4 Å². The summed E-state index contributed by atoms with van der Waals surface area (Å²) in [5.41, 5.74) is 3.24. The Kier molecular flexibility index (Phi) is 8.18. The van der Waals surface area contributed by atoms with Gasteiger partial charge < -0.3 is 20.5 Å². The quantitative estimate of drug-likeness (QED) is 0.498. The van der Waals surface area contributed by atoms with Crippen molar-refractivity contribution in [1.29, 1.82) is 0 Å². The Morgan fingerprint density at radius 1 is 1.18 bits per heavy atom. The lowest BCUT2D eigenvalue weighted by molar-refractivity contribution is -0.192. The smallest absolute Gasteiger partial charge is 0.490 e. The van der Waals surface area contributed by atoms with Crippen molar-refractivity contribution in [2.24, 2.45) is 0 Å². The molecule has 1 amide bonds. The number of aliphatic carboxylic acids is 1. The van der Waals surface area contributed by atoms with Crippen molar-refractivity contribution in [3.8, 4) is 17.0 Å². The molecule has 1 aromatic carbocycles. The summed E-state index contributed by atoms with van der Waals surface area (Å²) in [7, 11) is 1.63. The lowest BCUT2D eigenvalue weighted by Crippen LogP contribution is -2.24. The third kappa shape index (κ3) is 6.75. The van der Waals surface area contributed by atoms with Gasteiger partial charge in [-0.3, -0.25) is 4.79 Å². The predicted octanol–water partition coefficient (Wildman–Crippen LogP) is 3.42. The van der Waals surface area contributed by atoms with Crippen molar-refractivity contribution >= 4 is 23.2 Å². The van der Waals surface area contributed by atoms with Crippen LogP contribution in [0.1, 0.15) is 26.1 Å². The number of benzene rings is 1. The maximum Gasteiger partial charge on any atom is 0.490 e. The van der Waals surface area contributed by atoms with Gasteiger partial charge >= 0.3 is 12.1 Å². The van der Waals surface area contributed by atoms with Gasteiger partial charge in [0.15, 0.2) is 0 Å². The molecular formula is C22H21F3N4O4S. The van der Waals surface area contributed by atoms with E-state index >= 15 is 0 Å². The minimum Gasteiger partial charge on any atom is -0.497 e. The van der Waals surface area contributed by atoms with Crippen LogP contribution in [0.15, 0.2) is 42.5 Å². The molecule has 0 atom stereocenters. The van der Waals surface area contributed by atoms with E-state index in [2.05, 4.69) is 20.6 Å². The molecular weight excluding hydrogens is 473 g/mol. The molecule has 1 aliphatic heterocycles. The summed E-state index contributed by atoms with van der Waals surface area (Å²) < 4.78 is 36.9. The van der Waals surface area contributed by atoms with Crippen molar-refractivity contribution in [3.05, 3.63) is 63.7 Å². The van der Waals surface area contributed by atoms with Crippen LogP contribution in [0, 0.1) is 0 Å². The second-order valence-electron chi connectivity index (χ2n) is 7.03. The average Bonchev–Trinajstić information content (AvgIpc) is 3.25. The third-order valence-electron chi connectivity index (χ3n) is 4.66. The number of carbonyl (C=O) groups excluding carboxylic acids is 1. The first-order chi connectivity index (χ1) is 16.2. The van der Waals surface area contributed by atoms with Gasteiger partial charge in [0.1, 0.15) is 16.5 Å². The Morgan fingerprint density at radius 3 is 2.50 bits per heavy atom. The zero-order chi connectivity index (χ0) is 24.7. The van der Waals surface area contributed by atoms with Crippen LogP contribution in [0.25, 0.3) is 11.3 Å². The lowest BCUT2D eigenvalue weighted by Gasteiger charge is -2.09. The van der Waals surface area contributed by atoms with E-state index in [0.29, 0.717) is 12.2 Å². The Hall–Kier alpha value is -3.51. The van der Waals surface area contributed by atoms with Crippen molar-refractivity contribution in [1.82, 2.24) is 20.6 Å². The van der Waals surface area contributed by atoms with Gasteiger partial charge in [0.05, 0.1) is 25.0 Å². The molecule has 0 aliphatic carbocycles. The van der Waals surface area contributed by atoms with E-state index in [9.17, 15) is 18.0 Å². The fourth-order valence-corrected chi connectivity index (χ4v) is 4.01. The number of fused-ring (bicyclic) bond motifs is 1. The third-order valence-corrected chi connectivity index (χ3v) is 5.75. The number of rotatable bonds is 5. The fourth-order valence-electron chi connectivity index (χ4n) is 2.98. The van der Waals surface area contributed by atoms with Gasteiger partial charge in [0.25, 0.3) is 5.91 Å². The molecule has 3 aromatic rings. The van der Waals surface area contributed by atoms with E-state index < -0.39 is 12.1 Å². The number of ether oxygens (including phenoxy) is 1. The van der Waals surface area contributed by atoms with E-state index in [1.165, 1.54) is 4.88 Å². The Bertz CT molecular complexity index is 1130. The van der Waals surface area contributed by atoms with E-state index in [-0.39, 0.29) is 5.91 Å². The van der Waals surface area contributed by atoms with Crippen LogP contribution in [-0.4, -0.2) is 46.8 Å². The number of amides is 1. The monoisotopic (exact) mass is 494 g/mol. The molecule has 0 saturated carbocycles. The van der Waals surface area contributed by atoms with Gasteiger partial charge in [0.2, 0.25) is 0 Å². The van der Waals surface area contributed by atoms with Crippen LogP contribution in [0.4, 0.5) is 13.2 Å². The Labute approximate surface area is 196 Å². The molecule has 0 spiro atoms. The second kappa shape index (κ2) is 11.1. The van der Waals surface area contributed by atoms with Gasteiger partial charge in [0, 0.05) is 30.0 Å². The highest BCUT2D eigenvalue weighted by molar-refractivity contribution is 7.11. The standard InChI is InChI=1S/C20H20N4O2S.C2HF3O2/c1-26-14-7-5-13(6-8-14)15-3-2-4-17(23-15)20(25)22-12-19-24-16-9-10-21-11-18(16)27-19;3-2(4,5)1(6)7/h2-8,21H,9-12H2,1H3,(H,22,25);(H,6,7). The minimum absolute atomic E-state index is 0.198. The highest BCUT2D eigenvalue weighted by atomic mass is 32.1. The molecule has 12 heteroatoms. The number of carbonyl (C=O) groups is 2. The average molecular weight is 494 g/mol. The Morgan fingerprint density at radius 2 is 1.88 bits per heavy atom. The van der Waals surface area contributed by atoms with Crippen LogP contribution < -0.4 is 15.4 Å². The van der Waals surface area contributed by atoms with Gasteiger partial charge in [-0.25, -0.2) is 14.8 Å². The predicted molar refractivity (Wildman–Crippen MR) is 119 cm³/mol. The molecule has 0 radical (unpaired) electrons. The van der Waals surface area contributed by atoms with Gasteiger partial charge in [-0.2, -0.15) is 13.2 Å². The highest BCUT2D eigenvalue weighted by Gasteiger charge is 2.38. The molecule has 180 valence electrons. The number of nitrogens with one attached hydrogen (secondary N) is 2. The van der Waals surface area contributed by atoms with E-state index in [1.807, 2.05) is 36.4 Å². The maximum absolute atomic E-state index is 12.5. The molecule has 3 N–H and O–H groups in total. The van der Waals surface area contributed by atoms with Crippen molar-refractivity contribution in [2.75, 3.05) is 13.7 Å². The van der Waals surface area contributed by atoms with Gasteiger partial charge in [-0.15, -0.1) is 11.3 Å². The number of hydrogen-bond donors (Lipinski definition) is 3. The summed E-state index contributed by atoms with van der Waals surface area (Å²) in [6.45, 7) is 2.25. The Balaban J connectivity index is 0.000000406. The number of hydrogen-bond acceptors (Lipinski definition) is 7. The molecule has 0 saturated heterocycles. The maximum atomic E-state index is 12.5. The highest BCUT2D eigenvalue weighted by Crippen LogP contribution is 2.22. The second-order valence-corrected chi connectivity index (χ2v) is 8.19. The topological polar surface area (TPSA) is 113 Å². The number of pyridine rings is 1. The van der Waals surface area contributed by atoms with Crippen LogP contribution in [0.2, 0.25) is 0 Å². The largest absolute Gasteiger partial charge is 0.497 e. The van der Waals surface area contributed by atoms with Crippen molar-refractivity contribution in [3.63, 3.8) is 0 Å². The van der Waals surface area contributed by atoms with Crippen molar-refractivity contribution < 1.29 is 32.6 Å². The summed E-state index contributed by atoms with van der Waals surface area (Å²) in [5.74, 6) is -2.17. The summed E-state index contributed by atoms with van der Waals surface area (Å²) in [6, 6.07) is 13.1. The van der Waals surface area contributed by atoms with E-state index in [0.717, 1.165) is 47.2 Å². The molecule has 2 aromatic heterocycles. The van der Waals surface area contributed by atoms with Crippen LogP contribution in [0.5, 0.6) is 5.75 Å². The first kappa shape index (κ1) is 25.1. The summed E-state index contributed by atoms with van der Waals surface area (Å²) in [5, 5.41) is 14.3. The summed E-state index contributed by atoms with van der Waals surface area (Å²) >= 11 is 1.66. The zero-order valence-corrected chi connectivity index (χ0v) is 18.8. The number of aromatic nitrogens is 2. The molecule has 34 heavy (non-hydrogen) atoms. The molecule has 0 unspecified atom stereocenters. The number of carboxylic acid groups (broad SMARTS) is 1. The van der Waals surface area contributed by atoms with Gasteiger partial charge in [-0.1, -0.05) is 6.07 Å². The van der Waals surface area contributed by atoms with Crippen LogP contribution in [0.3, 0.4) is 0 Å². The van der Waals surface area contributed by atoms with Crippen LogP contribution in [-0.2, 0) is 24.3 Å². The molecule has 0 bridgehead atoms. The SMILES string of the molecule is COc1ccc(-c2cccc(C(=O)NCc3nc4c(s3)CNCC4)n2)cc1.O=C(O)C(F)(F)F. The molecule has 8 nitrogen and oxygen atoms in total. The molecule has 3 heterocycles. The normalized spacial score (nSPS) is 12.7. The fraction of sp³-hybridized carbons (Fsp3) is 0.273. The first-order valence-electron chi connectivity index (χ1n) is 10.1. The van der Waals surface area contributed by atoms with E-state index in [1.54, 1.807) is 24.5 Å². The van der Waals surface area contributed by atoms with Crippen molar-refractivity contribution in [2.45, 2.75) is 25.7 Å². The lowest BCUT2D eigenvalue weighted by atomic mass is 10.1. The van der Waals surface area contributed by atoms with E-state index in [4.69, 9.17) is 14.6 Å². The molecule has 0 fully saturated rings. The zero-order valence-electron chi connectivity index (χ0n) is 18.0. The van der Waals surface area contributed by atoms with Crippen LogP contribution >= 0.6 is 11.3 Å². The first-order valence-corrected chi connectivity index (χ1v) is 10.9. The minimum atomic E-state index is -5.08. The number of halogens is 3. The molecule has 1 aliphatic rings. The number of nitrogens with zero attached hydrogens (tertiary/aromatic N) is 2. The number of methoxy groups -OCH3 is 1. The number of thiazole rings is 1. The number of carboxylic acids is 1.